The van der Waals surface area contributed by atoms with Crippen LogP contribution in [0.2, 0.25) is 0 Å². The molecule has 6 nitrogen and oxygen atoms in total. The third-order valence-corrected chi connectivity index (χ3v) is 6.53. The van der Waals surface area contributed by atoms with Gasteiger partial charge < -0.3 is 10.2 Å². The van der Waals surface area contributed by atoms with Crippen molar-refractivity contribution in [1.82, 2.24) is 25.1 Å². The molecule has 1 N–H and O–H groups in total. The van der Waals surface area contributed by atoms with Crippen molar-refractivity contribution in [2.45, 2.75) is 37.6 Å². The molecule has 3 heterocycles. The lowest BCUT2D eigenvalue weighted by Crippen LogP contribution is -2.30. The normalized spacial score (nSPS) is 13.6. The van der Waals surface area contributed by atoms with Crippen LogP contribution in [0, 0.1) is 6.92 Å². The van der Waals surface area contributed by atoms with Crippen molar-refractivity contribution in [3.8, 4) is 5.69 Å². The minimum atomic E-state index is 0.760. The second-order valence-electron chi connectivity index (χ2n) is 8.27. The van der Waals surface area contributed by atoms with Gasteiger partial charge >= 0.3 is 0 Å². The number of rotatable bonds is 5. The van der Waals surface area contributed by atoms with Crippen molar-refractivity contribution in [2.24, 2.45) is 0 Å². The van der Waals surface area contributed by atoms with Crippen LogP contribution >= 0.6 is 11.8 Å². The van der Waals surface area contributed by atoms with Crippen LogP contribution in [0.5, 0.6) is 0 Å². The third-order valence-electron chi connectivity index (χ3n) is 5.79. The summed E-state index contributed by atoms with van der Waals surface area (Å²) in [5.41, 5.74) is 4.39. The zero-order valence-corrected chi connectivity index (χ0v) is 20.5. The molecule has 0 saturated carbocycles. The summed E-state index contributed by atoms with van der Waals surface area (Å²) in [5, 5.41) is 8.75. The Kier molecular flexibility index (Phi) is 7.96. The molecule has 0 amide bonds. The Morgan fingerprint density at radius 2 is 1.67 bits per heavy atom. The number of benzene rings is 2. The molecule has 0 bridgehead atoms. The van der Waals surface area contributed by atoms with Crippen molar-refractivity contribution in [1.29, 1.82) is 0 Å². The molecule has 2 aromatic heterocycles. The first-order chi connectivity index (χ1) is 16.2. The highest BCUT2D eigenvalue weighted by atomic mass is 32.2. The minimum Gasteiger partial charge on any atom is -0.356 e. The second-order valence-corrected chi connectivity index (χ2v) is 9.15. The van der Waals surface area contributed by atoms with E-state index >= 15 is 0 Å². The van der Waals surface area contributed by atoms with Crippen LogP contribution in [0.3, 0.4) is 0 Å². The molecule has 172 valence electrons. The van der Waals surface area contributed by atoms with Gasteiger partial charge in [-0.2, -0.15) is 0 Å². The molecule has 1 fully saturated rings. The summed E-state index contributed by atoms with van der Waals surface area (Å²) in [6, 6.07) is 17.0. The Bertz CT molecular complexity index is 1150. The number of nitrogens with zero attached hydrogens (tertiary/aromatic N) is 5. The van der Waals surface area contributed by atoms with Crippen molar-refractivity contribution in [3.63, 3.8) is 0 Å². The monoisotopic (exact) mass is 460 g/mol. The molecule has 4 aromatic rings. The Morgan fingerprint density at radius 1 is 0.939 bits per heavy atom. The van der Waals surface area contributed by atoms with Gasteiger partial charge in [0, 0.05) is 30.7 Å². The van der Waals surface area contributed by atoms with E-state index in [0.717, 1.165) is 42.2 Å². The first-order valence-electron chi connectivity index (χ1n) is 11.5. The van der Waals surface area contributed by atoms with E-state index in [1.807, 2.05) is 17.9 Å². The van der Waals surface area contributed by atoms with E-state index in [-0.39, 0.29) is 0 Å². The standard InChI is InChI=1S/C17H19N5.C9H13NS/c1-13-5-7-14(8-6-13)22-11-15-16(20-22)18-12-19-17(15)21-9-3-2-4-10-21;1-10-7-8-3-5-9(11-2)6-4-8/h5-8,11-12H,2-4,9-10H2,1H3;3-6,10H,7H2,1-2H3. The van der Waals surface area contributed by atoms with Crippen molar-refractivity contribution in [2.75, 3.05) is 31.3 Å². The number of hydrogen-bond acceptors (Lipinski definition) is 6. The molecule has 2 aromatic carbocycles. The van der Waals surface area contributed by atoms with E-state index in [1.165, 1.54) is 35.3 Å². The molecular weight excluding hydrogens is 428 g/mol. The molecule has 1 aliphatic heterocycles. The fourth-order valence-electron chi connectivity index (χ4n) is 3.96. The highest BCUT2D eigenvalue weighted by Crippen LogP contribution is 2.26. The molecule has 0 atom stereocenters. The van der Waals surface area contributed by atoms with Crippen molar-refractivity contribution >= 4 is 28.6 Å². The molecule has 33 heavy (non-hydrogen) atoms. The SMILES string of the molecule is CNCc1ccc(SC)cc1.Cc1ccc(-n2cc3c(N4CCCCC4)ncnc3n2)cc1. The fraction of sp³-hybridized carbons (Fsp3) is 0.346. The predicted octanol–water partition coefficient (Wildman–Crippen LogP) is 5.24. The number of aromatic nitrogens is 4. The number of anilines is 1. The first-order valence-corrected chi connectivity index (χ1v) is 12.7. The molecule has 5 rings (SSSR count). The van der Waals surface area contributed by atoms with E-state index in [2.05, 4.69) is 87.0 Å². The van der Waals surface area contributed by atoms with Crippen LogP contribution in [0.15, 0.2) is 66.0 Å². The summed E-state index contributed by atoms with van der Waals surface area (Å²) in [5.74, 6) is 1.02. The van der Waals surface area contributed by atoms with Gasteiger partial charge in [0.2, 0.25) is 0 Å². The zero-order chi connectivity index (χ0) is 23.0. The molecule has 1 saturated heterocycles. The number of nitrogens with one attached hydrogen (secondary N) is 1. The number of piperidine rings is 1. The van der Waals surface area contributed by atoms with Gasteiger partial charge in [0.25, 0.3) is 0 Å². The summed E-state index contributed by atoms with van der Waals surface area (Å²) in [7, 11) is 1.96. The molecule has 7 heteroatoms. The van der Waals surface area contributed by atoms with E-state index in [1.54, 1.807) is 18.1 Å². The second kappa shape index (κ2) is 11.3. The lowest BCUT2D eigenvalue weighted by atomic mass is 10.1. The van der Waals surface area contributed by atoms with Crippen LogP contribution in [0.1, 0.15) is 30.4 Å². The van der Waals surface area contributed by atoms with Crippen molar-refractivity contribution < 1.29 is 0 Å². The maximum atomic E-state index is 4.61. The summed E-state index contributed by atoms with van der Waals surface area (Å²) in [4.78, 5) is 12.5. The highest BCUT2D eigenvalue weighted by Gasteiger charge is 2.17. The van der Waals surface area contributed by atoms with Crippen molar-refractivity contribution in [3.05, 3.63) is 72.2 Å². The fourth-order valence-corrected chi connectivity index (χ4v) is 4.37. The number of fused-ring (bicyclic) bond motifs is 1. The number of hydrogen-bond donors (Lipinski definition) is 1. The van der Waals surface area contributed by atoms with Crippen LogP contribution < -0.4 is 10.2 Å². The summed E-state index contributed by atoms with van der Waals surface area (Å²) in [6.07, 6.45) is 9.54. The molecule has 0 aliphatic carbocycles. The van der Waals surface area contributed by atoms with Gasteiger partial charge in [0.05, 0.1) is 11.1 Å². The molecule has 0 spiro atoms. The number of aryl methyl sites for hydroxylation is 1. The summed E-state index contributed by atoms with van der Waals surface area (Å²) >= 11 is 1.78. The number of thioether (sulfide) groups is 1. The van der Waals surface area contributed by atoms with Gasteiger partial charge in [0.15, 0.2) is 5.65 Å². The largest absolute Gasteiger partial charge is 0.356 e. The highest BCUT2D eigenvalue weighted by molar-refractivity contribution is 7.98. The lowest BCUT2D eigenvalue weighted by molar-refractivity contribution is 0.574. The van der Waals surface area contributed by atoms with Gasteiger partial charge in [0.1, 0.15) is 12.1 Å². The van der Waals surface area contributed by atoms with Gasteiger partial charge in [-0.3, -0.25) is 0 Å². The first kappa shape index (κ1) is 23.3. The van der Waals surface area contributed by atoms with E-state index in [9.17, 15) is 0 Å². The summed E-state index contributed by atoms with van der Waals surface area (Å²) < 4.78 is 1.90. The Hall–Kier alpha value is -2.90. The zero-order valence-electron chi connectivity index (χ0n) is 19.7. The lowest BCUT2D eigenvalue weighted by Gasteiger charge is -2.27. The van der Waals surface area contributed by atoms with Gasteiger partial charge in [-0.15, -0.1) is 16.9 Å². The van der Waals surface area contributed by atoms with Gasteiger partial charge in [-0.25, -0.2) is 14.6 Å². The van der Waals surface area contributed by atoms with Gasteiger partial charge in [-0.1, -0.05) is 29.8 Å². The van der Waals surface area contributed by atoms with Crippen LogP contribution in [-0.4, -0.2) is 46.1 Å². The average Bonchev–Trinajstić information content (AvgIpc) is 3.31. The third kappa shape index (κ3) is 5.92. The molecule has 0 radical (unpaired) electrons. The Morgan fingerprint density at radius 3 is 2.33 bits per heavy atom. The van der Waals surface area contributed by atoms with E-state index in [0.29, 0.717) is 0 Å². The topological polar surface area (TPSA) is 58.9 Å². The Labute approximate surface area is 200 Å². The predicted molar refractivity (Wildman–Crippen MR) is 138 cm³/mol. The smallest absolute Gasteiger partial charge is 0.186 e. The quantitative estimate of drug-likeness (QED) is 0.411. The summed E-state index contributed by atoms with van der Waals surface area (Å²) in [6.45, 7) is 5.18. The Balaban J connectivity index is 0.000000200. The maximum absolute atomic E-state index is 4.61. The molecule has 0 unspecified atom stereocenters. The van der Waals surface area contributed by atoms with E-state index in [4.69, 9.17) is 0 Å². The van der Waals surface area contributed by atoms with Gasteiger partial charge in [-0.05, 0) is 69.3 Å². The van der Waals surface area contributed by atoms with E-state index < -0.39 is 0 Å². The molecular formula is C26H32N6S. The average molecular weight is 461 g/mol. The van der Waals surface area contributed by atoms with Crippen LogP contribution in [0.25, 0.3) is 16.7 Å². The maximum Gasteiger partial charge on any atom is 0.186 e. The molecule has 1 aliphatic rings. The van der Waals surface area contributed by atoms with Crippen LogP contribution in [-0.2, 0) is 6.54 Å². The minimum absolute atomic E-state index is 0.760. The van der Waals surface area contributed by atoms with Crippen LogP contribution in [0.4, 0.5) is 5.82 Å².